The first-order chi connectivity index (χ1) is 7.91. The zero-order chi connectivity index (χ0) is 13.0. The predicted molar refractivity (Wildman–Crippen MR) is 63.3 cm³/mol. The molecule has 1 N–H and O–H groups in total. The van der Waals surface area contributed by atoms with Crippen LogP contribution in [0.3, 0.4) is 0 Å². The zero-order valence-corrected chi connectivity index (χ0v) is 10.2. The molecular weight excluding hydrogens is 221 g/mol. The van der Waals surface area contributed by atoms with Crippen LogP contribution in [0.25, 0.3) is 0 Å². The molecule has 1 amide bonds. The predicted octanol–water partition coefficient (Wildman–Crippen LogP) is 2.09. The summed E-state index contributed by atoms with van der Waals surface area (Å²) in [5, 5.41) is 2.53. The Morgan fingerprint density at radius 3 is 2.53 bits per heavy atom. The van der Waals surface area contributed by atoms with Gasteiger partial charge >= 0.3 is 0 Å². The van der Waals surface area contributed by atoms with Crippen LogP contribution in [0, 0.1) is 18.7 Å². The third-order valence-electron chi connectivity index (χ3n) is 2.43. The second kappa shape index (κ2) is 5.57. The number of amides is 1. The Bertz CT molecular complexity index is 441. The highest BCUT2D eigenvalue weighted by atomic mass is 19.1. The first-order valence-electron chi connectivity index (χ1n) is 5.49. The summed E-state index contributed by atoms with van der Waals surface area (Å²) in [5.41, 5.74) is 0.832. The van der Waals surface area contributed by atoms with Gasteiger partial charge in [0.05, 0.1) is 6.54 Å². The van der Waals surface area contributed by atoms with Crippen molar-refractivity contribution in [2.75, 3.05) is 6.54 Å². The van der Waals surface area contributed by atoms with Crippen LogP contribution in [0.15, 0.2) is 18.2 Å². The molecule has 92 valence electrons. The quantitative estimate of drug-likeness (QED) is 0.815. The summed E-state index contributed by atoms with van der Waals surface area (Å²) in [7, 11) is 0. The summed E-state index contributed by atoms with van der Waals surface area (Å²) in [6.07, 6.45) is 0. The Hall–Kier alpha value is -1.71. The minimum atomic E-state index is -0.340. The van der Waals surface area contributed by atoms with Gasteiger partial charge in [-0.25, -0.2) is 4.39 Å². The van der Waals surface area contributed by atoms with E-state index in [0.717, 1.165) is 0 Å². The van der Waals surface area contributed by atoms with E-state index in [1.807, 2.05) is 0 Å². The van der Waals surface area contributed by atoms with E-state index in [1.54, 1.807) is 20.8 Å². The molecule has 0 atom stereocenters. The highest BCUT2D eigenvalue weighted by Crippen LogP contribution is 2.09. The number of ketones is 1. The lowest BCUT2D eigenvalue weighted by molar-refractivity contribution is -0.123. The molecule has 0 aliphatic heterocycles. The van der Waals surface area contributed by atoms with Crippen LogP contribution in [0.4, 0.5) is 4.39 Å². The van der Waals surface area contributed by atoms with Gasteiger partial charge in [-0.15, -0.1) is 0 Å². The van der Waals surface area contributed by atoms with Crippen LogP contribution in [-0.4, -0.2) is 18.2 Å². The number of hydrogen-bond donors (Lipinski definition) is 1. The number of carbonyl (C=O) groups excluding carboxylic acids is 2. The molecule has 0 radical (unpaired) electrons. The number of hydrogen-bond acceptors (Lipinski definition) is 2. The number of Topliss-reactive ketones (excluding diaryl/α,β-unsaturated/α-hetero) is 1. The molecule has 0 saturated carbocycles. The molecule has 17 heavy (non-hydrogen) atoms. The van der Waals surface area contributed by atoms with Crippen molar-refractivity contribution in [2.45, 2.75) is 20.8 Å². The van der Waals surface area contributed by atoms with E-state index in [1.165, 1.54) is 18.2 Å². The summed E-state index contributed by atoms with van der Waals surface area (Å²) in [5.74, 6) is -0.884. The largest absolute Gasteiger partial charge is 0.348 e. The molecule has 0 aliphatic carbocycles. The second-order valence-corrected chi connectivity index (χ2v) is 4.26. The Morgan fingerprint density at radius 1 is 1.35 bits per heavy atom. The standard InChI is InChI=1S/C13H16FNO2/c1-8(2)13(17)15-7-12(16)10-4-5-11(14)9(3)6-10/h4-6,8H,7H2,1-3H3,(H,15,17). The van der Waals surface area contributed by atoms with E-state index in [-0.39, 0.29) is 30.0 Å². The SMILES string of the molecule is Cc1cc(C(=O)CNC(=O)C(C)C)ccc1F. The molecule has 0 spiro atoms. The van der Waals surface area contributed by atoms with Gasteiger partial charge in [-0.1, -0.05) is 13.8 Å². The Balaban J connectivity index is 2.64. The summed E-state index contributed by atoms with van der Waals surface area (Å²) in [6.45, 7) is 5.05. The molecule has 0 fully saturated rings. The van der Waals surface area contributed by atoms with Crippen molar-refractivity contribution < 1.29 is 14.0 Å². The molecule has 0 unspecified atom stereocenters. The van der Waals surface area contributed by atoms with Crippen LogP contribution < -0.4 is 5.32 Å². The first kappa shape index (κ1) is 13.4. The summed E-state index contributed by atoms with van der Waals surface area (Å²) < 4.78 is 13.0. The lowest BCUT2D eigenvalue weighted by Gasteiger charge is -2.07. The van der Waals surface area contributed by atoms with Crippen LogP contribution >= 0.6 is 0 Å². The van der Waals surface area contributed by atoms with E-state index >= 15 is 0 Å². The monoisotopic (exact) mass is 237 g/mol. The van der Waals surface area contributed by atoms with Gasteiger partial charge in [-0.2, -0.15) is 0 Å². The fourth-order valence-electron chi connectivity index (χ4n) is 1.29. The van der Waals surface area contributed by atoms with E-state index in [0.29, 0.717) is 11.1 Å². The molecule has 3 nitrogen and oxygen atoms in total. The maximum Gasteiger partial charge on any atom is 0.222 e. The van der Waals surface area contributed by atoms with Crippen molar-refractivity contribution in [1.82, 2.24) is 5.32 Å². The molecule has 0 heterocycles. The topological polar surface area (TPSA) is 46.2 Å². The van der Waals surface area contributed by atoms with Crippen LogP contribution in [0.1, 0.15) is 29.8 Å². The fourth-order valence-corrected chi connectivity index (χ4v) is 1.29. The number of benzene rings is 1. The lowest BCUT2D eigenvalue weighted by atomic mass is 10.1. The first-order valence-corrected chi connectivity index (χ1v) is 5.49. The molecule has 0 saturated heterocycles. The fraction of sp³-hybridized carbons (Fsp3) is 0.385. The van der Waals surface area contributed by atoms with Gasteiger partial charge in [0.2, 0.25) is 5.91 Å². The summed E-state index contributed by atoms with van der Waals surface area (Å²) >= 11 is 0. The zero-order valence-electron chi connectivity index (χ0n) is 10.2. The van der Waals surface area contributed by atoms with Crippen LogP contribution in [-0.2, 0) is 4.79 Å². The molecule has 1 rings (SSSR count). The normalized spacial score (nSPS) is 10.4. The van der Waals surface area contributed by atoms with E-state index in [9.17, 15) is 14.0 Å². The third kappa shape index (κ3) is 3.66. The van der Waals surface area contributed by atoms with Gasteiger partial charge < -0.3 is 5.32 Å². The molecule has 1 aromatic rings. The number of nitrogens with one attached hydrogen (secondary N) is 1. The van der Waals surface area contributed by atoms with E-state index < -0.39 is 0 Å². The Labute approximate surface area is 100 Å². The van der Waals surface area contributed by atoms with Gasteiger partial charge in [0.25, 0.3) is 0 Å². The molecule has 0 bridgehead atoms. The highest BCUT2D eigenvalue weighted by molar-refractivity contribution is 5.99. The number of rotatable bonds is 4. The molecular formula is C13H16FNO2. The maximum atomic E-state index is 13.0. The van der Waals surface area contributed by atoms with Crippen molar-refractivity contribution in [3.8, 4) is 0 Å². The Kier molecular flexibility index (Phi) is 4.37. The van der Waals surface area contributed by atoms with Crippen molar-refractivity contribution in [3.63, 3.8) is 0 Å². The van der Waals surface area contributed by atoms with Crippen LogP contribution in [0.2, 0.25) is 0 Å². The highest BCUT2D eigenvalue weighted by Gasteiger charge is 2.11. The summed E-state index contributed by atoms with van der Waals surface area (Å²) in [6, 6.07) is 4.16. The minimum Gasteiger partial charge on any atom is -0.348 e. The molecule has 0 aromatic heterocycles. The minimum absolute atomic E-state index is 0.0535. The van der Waals surface area contributed by atoms with Gasteiger partial charge in [0.15, 0.2) is 5.78 Å². The molecule has 0 aliphatic rings. The van der Waals surface area contributed by atoms with Crippen molar-refractivity contribution in [2.24, 2.45) is 5.92 Å². The van der Waals surface area contributed by atoms with E-state index in [2.05, 4.69) is 5.32 Å². The van der Waals surface area contributed by atoms with Crippen molar-refractivity contribution in [3.05, 3.63) is 35.1 Å². The molecule has 1 aromatic carbocycles. The van der Waals surface area contributed by atoms with Gasteiger partial charge in [0.1, 0.15) is 5.82 Å². The van der Waals surface area contributed by atoms with E-state index in [4.69, 9.17) is 0 Å². The third-order valence-corrected chi connectivity index (χ3v) is 2.43. The number of carbonyl (C=O) groups is 2. The number of halogens is 1. The van der Waals surface area contributed by atoms with Gasteiger partial charge in [-0.05, 0) is 30.7 Å². The van der Waals surface area contributed by atoms with Crippen LogP contribution in [0.5, 0.6) is 0 Å². The lowest BCUT2D eigenvalue weighted by Crippen LogP contribution is -2.32. The Morgan fingerprint density at radius 2 is 2.00 bits per heavy atom. The maximum absolute atomic E-state index is 13.0. The second-order valence-electron chi connectivity index (χ2n) is 4.26. The van der Waals surface area contributed by atoms with Gasteiger partial charge in [-0.3, -0.25) is 9.59 Å². The van der Waals surface area contributed by atoms with Gasteiger partial charge in [0, 0.05) is 11.5 Å². The average Bonchev–Trinajstić information content (AvgIpc) is 2.28. The summed E-state index contributed by atoms with van der Waals surface area (Å²) in [4.78, 5) is 23.0. The number of aryl methyl sites for hydroxylation is 1. The molecule has 4 heteroatoms. The van der Waals surface area contributed by atoms with Crippen molar-refractivity contribution in [1.29, 1.82) is 0 Å². The smallest absolute Gasteiger partial charge is 0.222 e. The average molecular weight is 237 g/mol. The van der Waals surface area contributed by atoms with Crippen molar-refractivity contribution >= 4 is 11.7 Å².